The van der Waals surface area contributed by atoms with Gasteiger partial charge in [0.1, 0.15) is 5.75 Å². The normalized spacial score (nSPS) is 16.0. The van der Waals surface area contributed by atoms with Crippen molar-refractivity contribution in [1.29, 1.82) is 0 Å². The fourth-order valence-electron chi connectivity index (χ4n) is 2.23. The van der Waals surface area contributed by atoms with Gasteiger partial charge in [0.05, 0.1) is 6.61 Å². The summed E-state index contributed by atoms with van der Waals surface area (Å²) in [7, 11) is 0. The molecule has 0 aromatic heterocycles. The molecule has 1 saturated heterocycles. The molecule has 0 saturated carbocycles. The number of halogens is 1. The highest BCUT2D eigenvalue weighted by Gasteiger charge is 2.08. The molecule has 1 heterocycles. The predicted octanol–water partition coefficient (Wildman–Crippen LogP) is 2.95. The lowest BCUT2D eigenvalue weighted by Gasteiger charge is -2.26. The highest BCUT2D eigenvalue weighted by atomic mass is 35.5. The van der Waals surface area contributed by atoms with Crippen molar-refractivity contribution < 1.29 is 4.74 Å². The quantitative estimate of drug-likeness (QED) is 0.660. The van der Waals surface area contributed by atoms with E-state index in [9.17, 15) is 0 Å². The van der Waals surface area contributed by atoms with Crippen LogP contribution < -0.4 is 10.5 Å². The minimum absolute atomic E-state index is 0. The van der Waals surface area contributed by atoms with Crippen LogP contribution in [0.25, 0.3) is 0 Å². The molecule has 0 spiro atoms. The van der Waals surface area contributed by atoms with Crippen molar-refractivity contribution in [2.45, 2.75) is 25.7 Å². The Balaban J connectivity index is 0.00000162. The molecule has 1 aromatic rings. The van der Waals surface area contributed by atoms with Crippen LogP contribution in [-0.4, -0.2) is 31.1 Å². The van der Waals surface area contributed by atoms with Gasteiger partial charge in [0.25, 0.3) is 0 Å². The molecule has 102 valence electrons. The molecule has 1 fully saturated rings. The average Bonchev–Trinajstić information content (AvgIpc) is 2.38. The summed E-state index contributed by atoms with van der Waals surface area (Å²) in [6.45, 7) is 4.49. The molecule has 1 aliphatic heterocycles. The van der Waals surface area contributed by atoms with Gasteiger partial charge in [-0.15, -0.1) is 12.4 Å². The van der Waals surface area contributed by atoms with E-state index >= 15 is 0 Å². The number of benzene rings is 1. The number of piperidine rings is 1. The van der Waals surface area contributed by atoms with Crippen molar-refractivity contribution in [3.8, 4) is 5.75 Å². The Morgan fingerprint density at radius 3 is 2.39 bits per heavy atom. The van der Waals surface area contributed by atoms with Crippen LogP contribution in [0.1, 0.15) is 25.7 Å². The Kier molecular flexibility index (Phi) is 6.91. The maximum Gasteiger partial charge on any atom is 0.119 e. The Labute approximate surface area is 116 Å². The van der Waals surface area contributed by atoms with E-state index in [-0.39, 0.29) is 12.4 Å². The van der Waals surface area contributed by atoms with Crippen LogP contribution in [-0.2, 0) is 0 Å². The number of anilines is 1. The number of ether oxygens (including phenoxy) is 1. The average molecular weight is 271 g/mol. The molecule has 0 radical (unpaired) electrons. The van der Waals surface area contributed by atoms with Gasteiger partial charge in [0, 0.05) is 12.2 Å². The van der Waals surface area contributed by atoms with Crippen LogP contribution >= 0.6 is 12.4 Å². The van der Waals surface area contributed by atoms with Crippen molar-refractivity contribution in [2.75, 3.05) is 32.0 Å². The maximum atomic E-state index is 5.67. The van der Waals surface area contributed by atoms with Crippen molar-refractivity contribution in [3.05, 3.63) is 24.3 Å². The zero-order valence-electron chi connectivity index (χ0n) is 10.8. The number of rotatable bonds is 5. The number of likely N-dealkylation sites (tertiary alicyclic amines) is 1. The molecule has 18 heavy (non-hydrogen) atoms. The van der Waals surface area contributed by atoms with Crippen LogP contribution in [0.2, 0.25) is 0 Å². The third-order valence-corrected chi connectivity index (χ3v) is 3.22. The summed E-state index contributed by atoms with van der Waals surface area (Å²) >= 11 is 0. The van der Waals surface area contributed by atoms with E-state index in [1.807, 2.05) is 24.3 Å². The van der Waals surface area contributed by atoms with Crippen LogP contribution in [0.4, 0.5) is 5.69 Å². The Hall–Kier alpha value is -0.930. The first-order valence-electron chi connectivity index (χ1n) is 6.55. The molecular weight excluding hydrogens is 248 g/mol. The largest absolute Gasteiger partial charge is 0.494 e. The predicted molar refractivity (Wildman–Crippen MR) is 78.5 cm³/mol. The van der Waals surface area contributed by atoms with E-state index in [1.165, 1.54) is 32.4 Å². The van der Waals surface area contributed by atoms with Crippen LogP contribution in [0.3, 0.4) is 0 Å². The second-order valence-corrected chi connectivity index (χ2v) is 4.67. The minimum atomic E-state index is 0. The van der Waals surface area contributed by atoms with E-state index in [2.05, 4.69) is 4.90 Å². The van der Waals surface area contributed by atoms with Crippen LogP contribution in [0.5, 0.6) is 5.75 Å². The van der Waals surface area contributed by atoms with Gasteiger partial charge in [-0.1, -0.05) is 6.42 Å². The molecule has 1 aromatic carbocycles. The molecule has 2 N–H and O–H groups in total. The molecule has 3 nitrogen and oxygen atoms in total. The van der Waals surface area contributed by atoms with Gasteiger partial charge in [0.2, 0.25) is 0 Å². The lowest BCUT2D eigenvalue weighted by molar-refractivity contribution is 0.205. The highest BCUT2D eigenvalue weighted by Crippen LogP contribution is 2.13. The smallest absolute Gasteiger partial charge is 0.119 e. The molecule has 0 atom stereocenters. The van der Waals surface area contributed by atoms with Gasteiger partial charge in [-0.25, -0.2) is 0 Å². The summed E-state index contributed by atoms with van der Waals surface area (Å²) in [5, 5.41) is 0. The third kappa shape index (κ3) is 5.15. The summed E-state index contributed by atoms with van der Waals surface area (Å²) in [6, 6.07) is 7.60. The van der Waals surface area contributed by atoms with Gasteiger partial charge in [-0.3, -0.25) is 0 Å². The SMILES string of the molecule is Cl.Nc1ccc(OCCCN2CCCCC2)cc1. The summed E-state index contributed by atoms with van der Waals surface area (Å²) in [6.07, 6.45) is 5.22. The fourth-order valence-corrected chi connectivity index (χ4v) is 2.23. The molecule has 2 rings (SSSR count). The van der Waals surface area contributed by atoms with Gasteiger partial charge in [-0.05, 0) is 56.6 Å². The van der Waals surface area contributed by atoms with Gasteiger partial charge >= 0.3 is 0 Å². The summed E-state index contributed by atoms with van der Waals surface area (Å²) in [4.78, 5) is 2.54. The number of hydrogen-bond donors (Lipinski definition) is 1. The van der Waals surface area contributed by atoms with Gasteiger partial charge in [-0.2, -0.15) is 0 Å². The van der Waals surface area contributed by atoms with Crippen LogP contribution in [0.15, 0.2) is 24.3 Å². The Bertz CT molecular complexity index is 323. The maximum absolute atomic E-state index is 5.67. The number of nitrogens with zero attached hydrogens (tertiary/aromatic N) is 1. The molecule has 0 unspecified atom stereocenters. The first-order valence-corrected chi connectivity index (χ1v) is 6.55. The summed E-state index contributed by atoms with van der Waals surface area (Å²) < 4.78 is 5.67. The topological polar surface area (TPSA) is 38.5 Å². The molecule has 1 aliphatic rings. The standard InChI is InChI=1S/C14H22N2O.ClH/c15-13-5-7-14(8-6-13)17-12-4-11-16-9-2-1-3-10-16;/h5-8H,1-4,9-12,15H2;1H. The van der Waals surface area contributed by atoms with E-state index in [0.29, 0.717) is 0 Å². The molecule has 0 amide bonds. The number of nitrogen functional groups attached to an aromatic ring is 1. The zero-order valence-corrected chi connectivity index (χ0v) is 11.6. The summed E-state index contributed by atoms with van der Waals surface area (Å²) in [5.41, 5.74) is 6.40. The zero-order chi connectivity index (χ0) is 11.9. The molecular formula is C14H23ClN2O. The fraction of sp³-hybridized carbons (Fsp3) is 0.571. The van der Waals surface area contributed by atoms with E-state index in [1.54, 1.807) is 0 Å². The second kappa shape index (κ2) is 8.22. The number of hydrogen-bond acceptors (Lipinski definition) is 3. The monoisotopic (exact) mass is 270 g/mol. The third-order valence-electron chi connectivity index (χ3n) is 3.22. The van der Waals surface area contributed by atoms with Gasteiger partial charge < -0.3 is 15.4 Å². The van der Waals surface area contributed by atoms with Crippen molar-refractivity contribution in [3.63, 3.8) is 0 Å². The van der Waals surface area contributed by atoms with Gasteiger partial charge in [0.15, 0.2) is 0 Å². The highest BCUT2D eigenvalue weighted by molar-refractivity contribution is 5.85. The Morgan fingerprint density at radius 1 is 1.06 bits per heavy atom. The first-order chi connectivity index (χ1) is 8.34. The van der Waals surface area contributed by atoms with E-state index in [4.69, 9.17) is 10.5 Å². The molecule has 0 aliphatic carbocycles. The van der Waals surface area contributed by atoms with Crippen LogP contribution in [0, 0.1) is 0 Å². The van der Waals surface area contributed by atoms with E-state index < -0.39 is 0 Å². The van der Waals surface area contributed by atoms with Crippen molar-refractivity contribution in [1.82, 2.24) is 4.90 Å². The lowest BCUT2D eigenvalue weighted by Crippen LogP contribution is -2.31. The molecule has 4 heteroatoms. The minimum Gasteiger partial charge on any atom is -0.494 e. The first kappa shape index (κ1) is 15.1. The Morgan fingerprint density at radius 2 is 1.72 bits per heavy atom. The van der Waals surface area contributed by atoms with Crippen molar-refractivity contribution in [2.24, 2.45) is 0 Å². The van der Waals surface area contributed by atoms with Crippen molar-refractivity contribution >= 4 is 18.1 Å². The lowest BCUT2D eigenvalue weighted by atomic mass is 10.1. The van der Waals surface area contributed by atoms with E-state index in [0.717, 1.165) is 31.0 Å². The number of nitrogens with two attached hydrogens (primary N) is 1. The second-order valence-electron chi connectivity index (χ2n) is 4.67. The molecule has 0 bridgehead atoms. The summed E-state index contributed by atoms with van der Waals surface area (Å²) in [5.74, 6) is 0.915.